The molecular weight excluding hydrogens is 502 g/mol. The van der Waals surface area contributed by atoms with Crippen LogP contribution in [0.25, 0.3) is 11.0 Å². The quantitative estimate of drug-likeness (QED) is 0.292. The second kappa shape index (κ2) is 11.0. The van der Waals surface area contributed by atoms with E-state index in [1.807, 2.05) is 29.8 Å². The summed E-state index contributed by atoms with van der Waals surface area (Å²) >= 11 is 0. The summed E-state index contributed by atoms with van der Waals surface area (Å²) in [7, 11) is -1.62. The van der Waals surface area contributed by atoms with Crippen LogP contribution in [0.2, 0.25) is 0 Å². The Kier molecular flexibility index (Phi) is 8.26. The second-order valence-corrected chi connectivity index (χ2v) is 9.96. The first-order chi connectivity index (χ1) is 16.6. The molecule has 0 aliphatic rings. The number of nitrogens with zero attached hydrogens (tertiary/aromatic N) is 5. The largest absolute Gasteiger partial charge is 0.383 e. The van der Waals surface area contributed by atoms with Gasteiger partial charge in [0.15, 0.2) is 0 Å². The molecule has 2 aromatic heterocycles. The van der Waals surface area contributed by atoms with Gasteiger partial charge in [-0.05, 0) is 57.2 Å². The van der Waals surface area contributed by atoms with Gasteiger partial charge in [0.1, 0.15) is 11.6 Å². The molecule has 4 aromatic rings. The first-order valence-electron chi connectivity index (χ1n) is 11.2. The minimum Gasteiger partial charge on any atom is -0.383 e. The van der Waals surface area contributed by atoms with Crippen LogP contribution in [0.4, 0.5) is 29.1 Å². The van der Waals surface area contributed by atoms with Crippen LogP contribution >= 0.6 is 12.4 Å². The van der Waals surface area contributed by atoms with Gasteiger partial charge in [0, 0.05) is 43.3 Å². The maximum Gasteiger partial charge on any atom is 0.306 e. The van der Waals surface area contributed by atoms with E-state index < -0.39 is 10.1 Å². The van der Waals surface area contributed by atoms with Gasteiger partial charge in [-0.3, -0.25) is 0 Å². The Morgan fingerprint density at radius 3 is 2.58 bits per heavy atom. The lowest BCUT2D eigenvalue weighted by molar-refractivity contribution is 0.493. The van der Waals surface area contributed by atoms with Crippen molar-refractivity contribution in [2.75, 3.05) is 28.3 Å². The number of fused-ring (bicyclic) bond motifs is 1. The predicted molar refractivity (Wildman–Crippen MR) is 147 cm³/mol. The molecule has 192 valence electrons. The van der Waals surface area contributed by atoms with Crippen molar-refractivity contribution in [1.29, 1.82) is 0 Å². The standard InChI is InChI=1S/C24H29N7O3S.ClH/c1-6-31(18-10-11-21-20(15-18)28-24(30(21)4)26-16(2)3)22-12-13-25-23(29-22)27-17-8-7-9-19(14-17)34-35(5,32)33;/h7-16H,6H2,1-5H3,(H,26,28)(H,25,27,29);1H. The van der Waals surface area contributed by atoms with Crippen molar-refractivity contribution in [3.63, 3.8) is 0 Å². The minimum absolute atomic E-state index is 0. The molecule has 0 radical (unpaired) electrons. The van der Waals surface area contributed by atoms with E-state index in [1.54, 1.807) is 30.5 Å². The number of imidazole rings is 1. The van der Waals surface area contributed by atoms with Crippen LogP contribution in [-0.4, -0.2) is 46.8 Å². The Balaban J connectivity index is 0.00000361. The highest BCUT2D eigenvalue weighted by molar-refractivity contribution is 7.86. The van der Waals surface area contributed by atoms with E-state index in [2.05, 4.69) is 52.3 Å². The summed E-state index contributed by atoms with van der Waals surface area (Å²) in [6.07, 6.45) is 2.68. The first kappa shape index (κ1) is 27.0. The minimum atomic E-state index is -3.62. The normalized spacial score (nSPS) is 11.3. The second-order valence-electron chi connectivity index (χ2n) is 8.39. The van der Waals surface area contributed by atoms with Gasteiger partial charge < -0.3 is 24.3 Å². The van der Waals surface area contributed by atoms with Crippen molar-refractivity contribution in [1.82, 2.24) is 19.5 Å². The molecule has 0 saturated carbocycles. The van der Waals surface area contributed by atoms with Gasteiger partial charge in [-0.1, -0.05) is 6.07 Å². The van der Waals surface area contributed by atoms with Crippen molar-refractivity contribution in [2.45, 2.75) is 26.8 Å². The number of nitrogens with one attached hydrogen (secondary N) is 2. The fourth-order valence-electron chi connectivity index (χ4n) is 3.71. The highest BCUT2D eigenvalue weighted by Gasteiger charge is 2.14. The molecule has 12 heteroatoms. The fraction of sp³-hybridized carbons (Fsp3) is 0.292. The van der Waals surface area contributed by atoms with Crippen LogP contribution in [0.3, 0.4) is 0 Å². The lowest BCUT2D eigenvalue weighted by Crippen LogP contribution is -2.18. The van der Waals surface area contributed by atoms with Gasteiger partial charge in [-0.15, -0.1) is 12.4 Å². The number of halogens is 1. The molecule has 2 heterocycles. The van der Waals surface area contributed by atoms with Gasteiger partial charge in [0.2, 0.25) is 11.9 Å². The van der Waals surface area contributed by atoms with E-state index in [0.29, 0.717) is 24.0 Å². The molecule has 2 N–H and O–H groups in total. The van der Waals surface area contributed by atoms with Crippen molar-refractivity contribution < 1.29 is 12.6 Å². The molecule has 0 aliphatic heterocycles. The molecule has 4 rings (SSSR count). The molecule has 0 unspecified atom stereocenters. The number of rotatable bonds is 9. The van der Waals surface area contributed by atoms with Crippen LogP contribution in [0, 0.1) is 0 Å². The Morgan fingerprint density at radius 1 is 1.11 bits per heavy atom. The van der Waals surface area contributed by atoms with Crippen molar-refractivity contribution in [3.8, 4) is 5.75 Å². The van der Waals surface area contributed by atoms with Gasteiger partial charge in [0.25, 0.3) is 0 Å². The Morgan fingerprint density at radius 2 is 1.89 bits per heavy atom. The maximum atomic E-state index is 11.4. The lowest BCUT2D eigenvalue weighted by Gasteiger charge is -2.22. The van der Waals surface area contributed by atoms with Crippen molar-refractivity contribution in [2.24, 2.45) is 7.05 Å². The van der Waals surface area contributed by atoms with Crippen LogP contribution in [0.5, 0.6) is 5.75 Å². The molecular formula is C24H30ClN7O3S. The number of hydrogen-bond acceptors (Lipinski definition) is 9. The summed E-state index contributed by atoms with van der Waals surface area (Å²) in [5.41, 5.74) is 3.49. The molecule has 10 nitrogen and oxygen atoms in total. The third kappa shape index (κ3) is 6.35. The summed E-state index contributed by atoms with van der Waals surface area (Å²) in [4.78, 5) is 15.8. The summed E-state index contributed by atoms with van der Waals surface area (Å²) in [5.74, 6) is 2.12. The zero-order valence-corrected chi connectivity index (χ0v) is 22.4. The number of hydrogen-bond donors (Lipinski definition) is 2. The maximum absolute atomic E-state index is 11.4. The van der Waals surface area contributed by atoms with Gasteiger partial charge in [-0.2, -0.15) is 13.4 Å². The number of anilines is 5. The average Bonchev–Trinajstić information content (AvgIpc) is 3.08. The van der Waals surface area contributed by atoms with E-state index in [0.717, 1.165) is 28.9 Å². The Hall–Kier alpha value is -3.57. The molecule has 0 saturated heterocycles. The molecule has 0 bridgehead atoms. The van der Waals surface area contributed by atoms with Gasteiger partial charge >= 0.3 is 10.1 Å². The molecule has 0 fully saturated rings. The van der Waals surface area contributed by atoms with E-state index in [1.165, 1.54) is 0 Å². The van der Waals surface area contributed by atoms with Crippen LogP contribution in [-0.2, 0) is 17.2 Å². The zero-order chi connectivity index (χ0) is 25.2. The van der Waals surface area contributed by atoms with Crippen molar-refractivity contribution in [3.05, 3.63) is 54.7 Å². The molecule has 2 aromatic carbocycles. The number of aromatic nitrogens is 4. The van der Waals surface area contributed by atoms with Gasteiger partial charge in [-0.25, -0.2) is 9.97 Å². The average molecular weight is 532 g/mol. The Labute approximate surface area is 217 Å². The van der Waals surface area contributed by atoms with Gasteiger partial charge in [0.05, 0.1) is 17.3 Å². The van der Waals surface area contributed by atoms with Crippen LogP contribution < -0.4 is 19.7 Å². The summed E-state index contributed by atoms with van der Waals surface area (Å²) < 4.78 is 29.8. The molecule has 0 spiro atoms. The van der Waals surface area contributed by atoms with E-state index >= 15 is 0 Å². The zero-order valence-electron chi connectivity index (χ0n) is 20.8. The highest BCUT2D eigenvalue weighted by atomic mass is 35.5. The summed E-state index contributed by atoms with van der Waals surface area (Å²) in [6.45, 7) is 6.90. The molecule has 0 amide bonds. The predicted octanol–water partition coefficient (Wildman–Crippen LogP) is 4.85. The fourth-order valence-corrected chi connectivity index (χ4v) is 4.16. The van der Waals surface area contributed by atoms with E-state index in [4.69, 9.17) is 9.17 Å². The highest BCUT2D eigenvalue weighted by Crippen LogP contribution is 2.29. The number of benzene rings is 2. The van der Waals surface area contributed by atoms with Crippen LogP contribution in [0.15, 0.2) is 54.7 Å². The molecule has 36 heavy (non-hydrogen) atoms. The lowest BCUT2D eigenvalue weighted by atomic mass is 10.2. The molecule has 0 atom stereocenters. The van der Waals surface area contributed by atoms with Crippen LogP contribution in [0.1, 0.15) is 20.8 Å². The smallest absolute Gasteiger partial charge is 0.306 e. The van der Waals surface area contributed by atoms with E-state index in [-0.39, 0.29) is 24.2 Å². The monoisotopic (exact) mass is 531 g/mol. The topological polar surface area (TPSA) is 114 Å². The van der Waals surface area contributed by atoms with E-state index in [9.17, 15) is 8.42 Å². The third-order valence-electron chi connectivity index (χ3n) is 5.17. The summed E-state index contributed by atoms with van der Waals surface area (Å²) in [5, 5.41) is 6.48. The first-order valence-corrected chi connectivity index (χ1v) is 13.0. The van der Waals surface area contributed by atoms with Crippen molar-refractivity contribution >= 4 is 62.6 Å². The molecule has 0 aliphatic carbocycles. The summed E-state index contributed by atoms with van der Waals surface area (Å²) in [6, 6.07) is 14.9. The SMILES string of the molecule is CCN(c1ccc2c(c1)nc(NC(C)C)n2C)c1ccnc(Nc2cccc(OS(C)(=O)=O)c2)n1.Cl. The Bertz CT molecular complexity index is 1460. The number of aryl methyl sites for hydroxylation is 1. The third-order valence-corrected chi connectivity index (χ3v) is 5.66.